The molecule has 0 aliphatic rings. The number of fused-ring (bicyclic) bond motifs is 2. The third kappa shape index (κ3) is 4.80. The fourth-order valence-electron chi connectivity index (χ4n) is 3.81. The number of hydrogen-bond donors (Lipinski definition) is 2. The van der Waals surface area contributed by atoms with E-state index in [0.717, 1.165) is 22.0 Å². The lowest BCUT2D eigenvalue weighted by molar-refractivity contribution is 0.559. The van der Waals surface area contributed by atoms with E-state index < -0.39 is 5.63 Å². The first-order valence-corrected chi connectivity index (χ1v) is 12.5. The van der Waals surface area contributed by atoms with Crippen molar-refractivity contribution in [2.75, 3.05) is 10.9 Å². The molecular weight excluding hydrogens is 500 g/mol. The Morgan fingerprint density at radius 3 is 2.26 bits per heavy atom. The molecule has 0 saturated carbocycles. The Balaban J connectivity index is 1.36. The molecule has 3 heterocycles. The normalized spacial score (nSPS) is 12.2. The van der Waals surface area contributed by atoms with Crippen LogP contribution in [0.15, 0.2) is 115 Å². The summed E-state index contributed by atoms with van der Waals surface area (Å²) >= 11 is 1.23. The predicted molar refractivity (Wildman–Crippen MR) is 149 cm³/mol. The lowest BCUT2D eigenvalue weighted by atomic mass is 10.1. The van der Waals surface area contributed by atoms with Crippen LogP contribution in [0.3, 0.4) is 0 Å². The molecule has 0 amide bonds. The molecule has 3 aromatic heterocycles. The highest BCUT2D eigenvalue weighted by molar-refractivity contribution is 7.13. The van der Waals surface area contributed by atoms with Crippen LogP contribution in [0, 0.1) is 0 Å². The van der Waals surface area contributed by atoms with Crippen LogP contribution in [0.5, 0.6) is 0 Å². The molecule has 38 heavy (non-hydrogen) atoms. The zero-order valence-corrected chi connectivity index (χ0v) is 20.9. The van der Waals surface area contributed by atoms with E-state index in [4.69, 9.17) is 8.83 Å². The van der Waals surface area contributed by atoms with Crippen LogP contribution in [-0.2, 0) is 0 Å². The smallest absolute Gasteiger partial charge is 0.345 e. The second-order valence-corrected chi connectivity index (χ2v) is 9.27. The molecule has 10 heteroatoms. The summed E-state index contributed by atoms with van der Waals surface area (Å²) in [7, 11) is 0. The first-order chi connectivity index (χ1) is 18.6. The minimum absolute atomic E-state index is 0.351. The Bertz CT molecular complexity index is 1890. The van der Waals surface area contributed by atoms with Crippen LogP contribution < -0.4 is 21.1 Å². The monoisotopic (exact) mass is 520 g/mol. The maximum Gasteiger partial charge on any atom is 0.345 e. The molecule has 0 fully saturated rings. The van der Waals surface area contributed by atoms with Crippen molar-refractivity contribution in [3.8, 4) is 11.5 Å². The summed E-state index contributed by atoms with van der Waals surface area (Å²) < 4.78 is 12.0. The van der Waals surface area contributed by atoms with Crippen molar-refractivity contribution in [2.24, 2.45) is 10.2 Å². The van der Waals surface area contributed by atoms with E-state index in [1.165, 1.54) is 11.3 Å². The average Bonchev–Trinajstić information content (AvgIpc) is 3.39. The van der Waals surface area contributed by atoms with Gasteiger partial charge in [-0.3, -0.25) is 10.9 Å². The predicted octanol–water partition coefficient (Wildman–Crippen LogP) is 5.82. The van der Waals surface area contributed by atoms with E-state index in [1.807, 2.05) is 78.9 Å². The maximum absolute atomic E-state index is 12.5. The Labute approximate surface area is 219 Å². The number of furan rings is 1. The van der Waals surface area contributed by atoms with Gasteiger partial charge in [0.2, 0.25) is 5.13 Å². The highest BCUT2D eigenvalue weighted by atomic mass is 32.1. The summed E-state index contributed by atoms with van der Waals surface area (Å²) in [5.41, 5.74) is 8.85. The molecule has 0 radical (unpaired) electrons. The largest absolute Gasteiger partial charge is 0.454 e. The van der Waals surface area contributed by atoms with Crippen molar-refractivity contribution >= 4 is 49.8 Å². The summed E-state index contributed by atoms with van der Waals surface area (Å²) in [4.78, 5) is 12.5. The molecule has 9 nitrogen and oxygen atoms in total. The molecular formula is C28H20N6O3S. The van der Waals surface area contributed by atoms with E-state index in [0.29, 0.717) is 38.1 Å². The van der Waals surface area contributed by atoms with E-state index in [1.54, 1.807) is 19.1 Å². The van der Waals surface area contributed by atoms with E-state index >= 15 is 0 Å². The van der Waals surface area contributed by atoms with Crippen LogP contribution in [0.25, 0.3) is 33.4 Å². The molecule has 0 aliphatic carbocycles. The van der Waals surface area contributed by atoms with Gasteiger partial charge in [0.1, 0.15) is 11.2 Å². The molecule has 0 unspecified atom stereocenters. The van der Waals surface area contributed by atoms with Gasteiger partial charge in [-0.15, -0.1) is 10.2 Å². The topological polar surface area (TPSA) is 118 Å². The zero-order valence-electron chi connectivity index (χ0n) is 20.1. The van der Waals surface area contributed by atoms with Crippen LogP contribution in [0.2, 0.25) is 0 Å². The number of benzene rings is 3. The van der Waals surface area contributed by atoms with Gasteiger partial charge in [0.15, 0.2) is 16.1 Å². The Morgan fingerprint density at radius 1 is 0.816 bits per heavy atom. The van der Waals surface area contributed by atoms with Gasteiger partial charge in [-0.25, -0.2) is 4.79 Å². The fraction of sp³-hybridized carbons (Fsp3) is 0.0357. The molecule has 0 atom stereocenters. The summed E-state index contributed by atoms with van der Waals surface area (Å²) in [6, 6.07) is 28.3. The van der Waals surface area contributed by atoms with Crippen molar-refractivity contribution in [1.29, 1.82) is 0 Å². The van der Waals surface area contributed by atoms with Crippen LogP contribution in [0.4, 0.5) is 10.8 Å². The van der Waals surface area contributed by atoms with Crippen molar-refractivity contribution in [3.05, 3.63) is 112 Å². The number of nitrogens with one attached hydrogen (secondary N) is 2. The number of hydrogen-bond acceptors (Lipinski definition) is 10. The van der Waals surface area contributed by atoms with E-state index in [2.05, 4.69) is 31.3 Å². The molecule has 0 aliphatic heterocycles. The molecule has 0 saturated heterocycles. The van der Waals surface area contributed by atoms with Crippen molar-refractivity contribution in [2.45, 2.75) is 6.92 Å². The van der Waals surface area contributed by atoms with E-state index in [-0.39, 0.29) is 0 Å². The summed E-state index contributed by atoms with van der Waals surface area (Å²) in [5.74, 6) is 0.545. The quantitative estimate of drug-likeness (QED) is 0.161. The van der Waals surface area contributed by atoms with Crippen LogP contribution >= 0.6 is 11.3 Å². The molecule has 0 spiro atoms. The summed E-state index contributed by atoms with van der Waals surface area (Å²) in [5, 5.41) is 19.7. The summed E-state index contributed by atoms with van der Waals surface area (Å²) in [6.07, 6.45) is 0. The SMILES string of the molecule is C/C(=N\Nc1nnc(-c2cc3ccccc3o2)/c(=N\Nc2ccccc2)s1)c1cc2ccccc2oc1=O. The zero-order chi connectivity index (χ0) is 25.9. The van der Waals surface area contributed by atoms with Gasteiger partial charge in [-0.2, -0.15) is 10.2 Å². The molecule has 186 valence electrons. The van der Waals surface area contributed by atoms with Crippen molar-refractivity contribution in [1.82, 2.24) is 10.2 Å². The van der Waals surface area contributed by atoms with Gasteiger partial charge in [-0.1, -0.05) is 65.9 Å². The average molecular weight is 521 g/mol. The minimum atomic E-state index is -0.468. The second-order valence-electron chi connectivity index (χ2n) is 8.29. The van der Waals surface area contributed by atoms with Gasteiger partial charge in [0, 0.05) is 10.8 Å². The second kappa shape index (κ2) is 10.1. The number of aromatic nitrogens is 2. The van der Waals surface area contributed by atoms with Crippen molar-refractivity contribution in [3.63, 3.8) is 0 Å². The Hall–Kier alpha value is -5.09. The first kappa shape index (κ1) is 23.3. The van der Waals surface area contributed by atoms with E-state index in [9.17, 15) is 4.79 Å². The van der Waals surface area contributed by atoms with Gasteiger partial charge in [-0.05, 0) is 43.3 Å². The number of para-hydroxylation sites is 3. The lowest BCUT2D eigenvalue weighted by Crippen LogP contribution is -2.14. The lowest BCUT2D eigenvalue weighted by Gasteiger charge is -2.04. The molecule has 6 rings (SSSR count). The first-order valence-electron chi connectivity index (χ1n) is 11.7. The van der Waals surface area contributed by atoms with Gasteiger partial charge in [0.05, 0.1) is 17.0 Å². The molecule has 2 N–H and O–H groups in total. The molecule has 6 aromatic rings. The highest BCUT2D eigenvalue weighted by Crippen LogP contribution is 2.25. The van der Waals surface area contributed by atoms with Gasteiger partial charge in [0.25, 0.3) is 0 Å². The standard InChI is InChI=1S/C28H20N6O3S/c1-17(21-15-18-9-5-8-14-23(18)37-27(21)35)29-33-28-34-31-25(24-16-19-10-6-7-13-22(19)36-24)26(38-28)32-30-20-11-3-2-4-12-20/h2-16,30H,1H3,(H,33,34)/b29-17+,32-26+. The van der Waals surface area contributed by atoms with Crippen LogP contribution in [0.1, 0.15) is 12.5 Å². The summed E-state index contributed by atoms with van der Waals surface area (Å²) in [6.45, 7) is 1.72. The van der Waals surface area contributed by atoms with Crippen molar-refractivity contribution < 1.29 is 8.83 Å². The van der Waals surface area contributed by atoms with Gasteiger partial charge >= 0.3 is 5.63 Å². The molecule has 3 aromatic carbocycles. The number of rotatable bonds is 6. The third-order valence-electron chi connectivity index (χ3n) is 5.71. The fourth-order valence-corrected chi connectivity index (χ4v) is 4.49. The number of anilines is 2. The Kier molecular flexibility index (Phi) is 6.20. The number of nitrogens with zero attached hydrogens (tertiary/aromatic N) is 4. The number of hydrazone groups is 1. The molecule has 0 bridgehead atoms. The highest BCUT2D eigenvalue weighted by Gasteiger charge is 2.13. The Morgan fingerprint density at radius 2 is 1.50 bits per heavy atom. The maximum atomic E-state index is 12.5. The minimum Gasteiger partial charge on any atom is -0.454 e. The van der Waals surface area contributed by atoms with Gasteiger partial charge < -0.3 is 8.83 Å². The van der Waals surface area contributed by atoms with Crippen LogP contribution in [-0.4, -0.2) is 15.9 Å². The third-order valence-corrected chi connectivity index (χ3v) is 6.55.